The molecule has 0 aliphatic carbocycles. The fraction of sp³-hybridized carbons (Fsp3) is 0.0435. The number of nitrogens with one attached hydrogen (secondary N) is 1. The van der Waals surface area contributed by atoms with Crippen molar-refractivity contribution >= 4 is 40.2 Å². The lowest BCUT2D eigenvalue weighted by atomic mass is 10.1. The van der Waals surface area contributed by atoms with E-state index in [1.165, 1.54) is 0 Å². The van der Waals surface area contributed by atoms with E-state index in [-0.39, 0.29) is 12.3 Å². The Bertz CT molecular complexity index is 1360. The second kappa shape index (κ2) is 8.29. The molecule has 6 nitrogen and oxygen atoms in total. The first-order valence-electron chi connectivity index (χ1n) is 9.57. The molecule has 5 rings (SSSR count). The highest BCUT2D eigenvalue weighted by Gasteiger charge is 2.12. The molecule has 3 aromatic heterocycles. The summed E-state index contributed by atoms with van der Waals surface area (Å²) in [6.07, 6.45) is 0.274. The molecule has 0 aliphatic rings. The lowest BCUT2D eigenvalue weighted by molar-refractivity contribution is -0.115. The van der Waals surface area contributed by atoms with E-state index in [2.05, 4.69) is 15.5 Å². The standard InChI is InChI=1S/C23H16ClN5OS/c24-17-8-6-15(7-9-17)13-22(30)25-18-4-1-3-16(14-18)19-10-11-21-26-27-23(29(21)28-19)20-5-2-12-31-20/h1-12,14H,13H2,(H,25,30). The van der Waals surface area contributed by atoms with Crippen molar-refractivity contribution in [3.05, 3.63) is 88.8 Å². The maximum atomic E-state index is 12.5. The highest BCUT2D eigenvalue weighted by Crippen LogP contribution is 2.25. The molecule has 3 heterocycles. The number of halogens is 1. The molecule has 0 saturated heterocycles. The van der Waals surface area contributed by atoms with Crippen LogP contribution in [0.2, 0.25) is 5.02 Å². The van der Waals surface area contributed by atoms with Crippen LogP contribution in [0.25, 0.3) is 27.6 Å². The molecule has 0 aliphatic heterocycles. The minimum absolute atomic E-state index is 0.0957. The van der Waals surface area contributed by atoms with Crippen LogP contribution in [-0.4, -0.2) is 25.7 Å². The summed E-state index contributed by atoms with van der Waals surface area (Å²) in [5.74, 6) is 0.612. The summed E-state index contributed by atoms with van der Waals surface area (Å²) in [6, 6.07) is 22.6. The number of aromatic nitrogens is 4. The zero-order valence-electron chi connectivity index (χ0n) is 16.2. The SMILES string of the molecule is O=C(Cc1ccc(Cl)cc1)Nc1cccc(-c2ccc3nnc(-c4cccs4)n3n2)c1. The van der Waals surface area contributed by atoms with E-state index in [4.69, 9.17) is 16.7 Å². The van der Waals surface area contributed by atoms with Gasteiger partial charge in [0.25, 0.3) is 0 Å². The van der Waals surface area contributed by atoms with Crippen LogP contribution in [0, 0.1) is 0 Å². The van der Waals surface area contributed by atoms with Crippen LogP contribution < -0.4 is 5.32 Å². The van der Waals surface area contributed by atoms with Crippen molar-refractivity contribution in [3.63, 3.8) is 0 Å². The van der Waals surface area contributed by atoms with Crippen LogP contribution in [0.5, 0.6) is 0 Å². The Balaban J connectivity index is 1.39. The Hall–Kier alpha value is -3.55. The average Bonchev–Trinajstić information content (AvgIpc) is 3.44. The normalized spacial score (nSPS) is 11.0. The van der Waals surface area contributed by atoms with Gasteiger partial charge >= 0.3 is 0 Å². The molecule has 0 bridgehead atoms. The second-order valence-electron chi connectivity index (χ2n) is 6.92. The summed E-state index contributed by atoms with van der Waals surface area (Å²) in [5.41, 5.74) is 3.94. The third kappa shape index (κ3) is 4.19. The van der Waals surface area contributed by atoms with E-state index in [0.29, 0.717) is 22.2 Å². The van der Waals surface area contributed by atoms with Crippen molar-refractivity contribution in [2.75, 3.05) is 5.32 Å². The van der Waals surface area contributed by atoms with Crippen LogP contribution in [0.3, 0.4) is 0 Å². The van der Waals surface area contributed by atoms with Crippen molar-refractivity contribution in [2.45, 2.75) is 6.42 Å². The van der Waals surface area contributed by atoms with Crippen molar-refractivity contribution in [3.8, 4) is 22.0 Å². The monoisotopic (exact) mass is 445 g/mol. The van der Waals surface area contributed by atoms with Gasteiger partial charge < -0.3 is 5.32 Å². The number of carbonyl (C=O) groups is 1. The van der Waals surface area contributed by atoms with Gasteiger partial charge in [-0.15, -0.1) is 21.5 Å². The first-order valence-corrected chi connectivity index (χ1v) is 10.8. The molecule has 0 spiro atoms. The quantitative estimate of drug-likeness (QED) is 0.395. The van der Waals surface area contributed by atoms with Gasteiger partial charge in [0, 0.05) is 16.3 Å². The number of benzene rings is 2. The molecule has 31 heavy (non-hydrogen) atoms. The Kier molecular flexibility index (Phi) is 5.19. The number of carbonyl (C=O) groups excluding carboxylic acids is 1. The van der Waals surface area contributed by atoms with Crippen molar-refractivity contribution in [2.24, 2.45) is 0 Å². The molecule has 152 valence electrons. The number of nitrogens with zero attached hydrogens (tertiary/aromatic N) is 4. The summed E-state index contributed by atoms with van der Waals surface area (Å²) in [7, 11) is 0. The highest BCUT2D eigenvalue weighted by atomic mass is 35.5. The summed E-state index contributed by atoms with van der Waals surface area (Å²) in [4.78, 5) is 13.5. The van der Waals surface area contributed by atoms with Gasteiger partial charge in [0.05, 0.1) is 17.0 Å². The van der Waals surface area contributed by atoms with E-state index in [1.807, 2.05) is 66.0 Å². The summed E-state index contributed by atoms with van der Waals surface area (Å²) in [6.45, 7) is 0. The zero-order chi connectivity index (χ0) is 21.2. The highest BCUT2D eigenvalue weighted by molar-refractivity contribution is 7.13. The summed E-state index contributed by atoms with van der Waals surface area (Å²) in [5, 5.41) is 18.8. The molecule has 0 saturated carbocycles. The fourth-order valence-corrected chi connectivity index (χ4v) is 4.07. The van der Waals surface area contributed by atoms with Crippen LogP contribution in [0.15, 0.2) is 78.2 Å². The van der Waals surface area contributed by atoms with Crippen molar-refractivity contribution in [1.82, 2.24) is 19.8 Å². The molecular weight excluding hydrogens is 430 g/mol. The number of amides is 1. The van der Waals surface area contributed by atoms with Gasteiger partial charge in [0.2, 0.25) is 5.91 Å². The second-order valence-corrected chi connectivity index (χ2v) is 8.31. The number of hydrogen-bond donors (Lipinski definition) is 1. The number of rotatable bonds is 5. The number of thiophene rings is 1. The first-order chi connectivity index (χ1) is 15.2. The lowest BCUT2D eigenvalue weighted by Crippen LogP contribution is -2.14. The molecule has 0 atom stereocenters. The first kappa shape index (κ1) is 19.4. The van der Waals surface area contributed by atoms with E-state index in [0.717, 1.165) is 21.7 Å². The molecule has 1 amide bonds. The van der Waals surface area contributed by atoms with Gasteiger partial charge in [-0.1, -0.05) is 41.9 Å². The molecule has 0 radical (unpaired) electrons. The Morgan fingerprint density at radius 2 is 1.87 bits per heavy atom. The topological polar surface area (TPSA) is 72.2 Å². The van der Waals surface area contributed by atoms with Gasteiger partial charge in [0.1, 0.15) is 0 Å². The lowest BCUT2D eigenvalue weighted by Gasteiger charge is -2.08. The predicted molar refractivity (Wildman–Crippen MR) is 123 cm³/mol. The van der Waals surface area contributed by atoms with Crippen LogP contribution in [0.1, 0.15) is 5.56 Å². The van der Waals surface area contributed by atoms with Gasteiger partial charge in [0.15, 0.2) is 11.5 Å². The van der Waals surface area contributed by atoms with Crippen molar-refractivity contribution in [1.29, 1.82) is 0 Å². The van der Waals surface area contributed by atoms with Gasteiger partial charge in [-0.25, -0.2) is 0 Å². The zero-order valence-corrected chi connectivity index (χ0v) is 17.8. The average molecular weight is 446 g/mol. The molecule has 8 heteroatoms. The van der Waals surface area contributed by atoms with Crippen LogP contribution in [-0.2, 0) is 11.2 Å². The maximum Gasteiger partial charge on any atom is 0.228 e. The molecule has 5 aromatic rings. The van der Waals surface area contributed by atoms with E-state index < -0.39 is 0 Å². The largest absolute Gasteiger partial charge is 0.326 e. The van der Waals surface area contributed by atoms with E-state index in [9.17, 15) is 4.79 Å². The number of fused-ring (bicyclic) bond motifs is 1. The van der Waals surface area contributed by atoms with E-state index >= 15 is 0 Å². The molecule has 2 aromatic carbocycles. The minimum Gasteiger partial charge on any atom is -0.326 e. The Labute approximate surface area is 187 Å². The molecular formula is C23H16ClN5OS. The molecule has 0 unspecified atom stereocenters. The molecule has 1 N–H and O–H groups in total. The Morgan fingerprint density at radius 3 is 2.68 bits per heavy atom. The van der Waals surface area contributed by atoms with Gasteiger partial charge in [-0.05, 0) is 53.4 Å². The van der Waals surface area contributed by atoms with Gasteiger partial charge in [-0.2, -0.15) is 9.61 Å². The van der Waals surface area contributed by atoms with Crippen LogP contribution >= 0.6 is 22.9 Å². The third-order valence-corrected chi connectivity index (χ3v) is 5.84. The van der Waals surface area contributed by atoms with Gasteiger partial charge in [-0.3, -0.25) is 4.79 Å². The van der Waals surface area contributed by atoms with Crippen molar-refractivity contribution < 1.29 is 4.79 Å². The number of hydrogen-bond acceptors (Lipinski definition) is 5. The fourth-order valence-electron chi connectivity index (χ4n) is 3.25. The van der Waals surface area contributed by atoms with E-state index in [1.54, 1.807) is 28.0 Å². The smallest absolute Gasteiger partial charge is 0.228 e. The summed E-state index contributed by atoms with van der Waals surface area (Å²) < 4.78 is 1.74. The maximum absolute atomic E-state index is 12.5. The minimum atomic E-state index is -0.0957. The third-order valence-electron chi connectivity index (χ3n) is 4.72. The van der Waals surface area contributed by atoms with Crippen LogP contribution in [0.4, 0.5) is 5.69 Å². The Morgan fingerprint density at radius 1 is 1.00 bits per heavy atom. The summed E-state index contributed by atoms with van der Waals surface area (Å²) >= 11 is 7.50. The predicted octanol–water partition coefficient (Wildman–Crippen LogP) is 5.35. The molecule has 0 fully saturated rings. The number of anilines is 1.